The smallest absolute Gasteiger partial charge is 0.254 e. The Morgan fingerprint density at radius 3 is 2.56 bits per heavy atom. The van der Waals surface area contributed by atoms with Crippen molar-refractivity contribution in [3.05, 3.63) is 88.9 Å². The number of aliphatic hydroxyl groups excluding tert-OH is 1. The predicted octanol–water partition coefficient (Wildman–Crippen LogP) is 4.25. The minimum Gasteiger partial charge on any atom is -0.394 e. The first-order valence-corrected chi connectivity index (χ1v) is 11.0. The molecule has 0 saturated carbocycles. The standard InChI is InChI=1S/C26H24F3N5O2/c1-14-22(12-34(2)33-14)18-8-21(25(30)31-11-18)16-3-4-20(23(29)9-16)26(36)32-24(13-35)17-5-15(10-27)6-19(28)7-17/h3-9,11-12,24,35H,10,13H2,1-2H3,(H2,30,31)(H,32,36)/t24-/m1/s1. The number of amides is 1. The van der Waals surface area contributed by atoms with Crippen LogP contribution in [0.5, 0.6) is 0 Å². The zero-order chi connectivity index (χ0) is 26.0. The third kappa shape index (κ3) is 5.08. The molecule has 10 heteroatoms. The summed E-state index contributed by atoms with van der Waals surface area (Å²) in [5.74, 6) is -2.17. The number of hydrogen-bond acceptors (Lipinski definition) is 5. The highest BCUT2D eigenvalue weighted by molar-refractivity contribution is 5.95. The largest absolute Gasteiger partial charge is 0.394 e. The van der Waals surface area contributed by atoms with Crippen LogP contribution in [0.4, 0.5) is 19.0 Å². The first-order valence-electron chi connectivity index (χ1n) is 11.0. The number of nitrogen functional groups attached to an aromatic ring is 1. The number of pyridine rings is 1. The number of nitrogens with two attached hydrogens (primary N) is 1. The monoisotopic (exact) mass is 495 g/mol. The summed E-state index contributed by atoms with van der Waals surface area (Å²) in [6, 6.07) is 8.12. The fourth-order valence-corrected chi connectivity index (χ4v) is 4.03. The van der Waals surface area contributed by atoms with Gasteiger partial charge in [-0.3, -0.25) is 9.48 Å². The molecule has 4 N–H and O–H groups in total. The number of carbonyl (C=O) groups excluding carboxylic acids is 1. The number of benzene rings is 2. The van der Waals surface area contributed by atoms with Crippen LogP contribution >= 0.6 is 0 Å². The van der Waals surface area contributed by atoms with E-state index in [2.05, 4.69) is 15.4 Å². The molecule has 2 aromatic carbocycles. The quantitative estimate of drug-likeness (QED) is 0.356. The summed E-state index contributed by atoms with van der Waals surface area (Å²) in [6.45, 7) is 0.357. The molecule has 0 bridgehead atoms. The van der Waals surface area contributed by atoms with Crippen LogP contribution in [-0.2, 0) is 13.7 Å². The lowest BCUT2D eigenvalue weighted by Crippen LogP contribution is -2.31. The number of aromatic nitrogens is 3. The molecule has 0 unspecified atom stereocenters. The minimum absolute atomic E-state index is 0.0585. The molecule has 0 saturated heterocycles. The Kier molecular flexibility index (Phi) is 7.07. The Morgan fingerprint density at radius 1 is 1.14 bits per heavy atom. The van der Waals surface area contributed by atoms with Gasteiger partial charge in [0, 0.05) is 36.1 Å². The van der Waals surface area contributed by atoms with Crippen LogP contribution < -0.4 is 11.1 Å². The average Bonchev–Trinajstić information content (AvgIpc) is 3.19. The number of hydrogen-bond donors (Lipinski definition) is 3. The van der Waals surface area contributed by atoms with Crippen LogP contribution in [0.3, 0.4) is 0 Å². The first kappa shape index (κ1) is 24.9. The highest BCUT2D eigenvalue weighted by atomic mass is 19.1. The molecule has 0 aliphatic heterocycles. The number of anilines is 1. The molecule has 0 spiro atoms. The van der Waals surface area contributed by atoms with Gasteiger partial charge in [0.2, 0.25) is 0 Å². The predicted molar refractivity (Wildman–Crippen MR) is 129 cm³/mol. The van der Waals surface area contributed by atoms with Gasteiger partial charge in [0.1, 0.15) is 24.1 Å². The van der Waals surface area contributed by atoms with E-state index in [0.29, 0.717) is 11.1 Å². The van der Waals surface area contributed by atoms with Gasteiger partial charge in [0.15, 0.2) is 0 Å². The second-order valence-corrected chi connectivity index (χ2v) is 8.39. The first-order chi connectivity index (χ1) is 17.2. The second-order valence-electron chi connectivity index (χ2n) is 8.39. The van der Waals surface area contributed by atoms with E-state index in [1.807, 2.05) is 13.1 Å². The molecule has 186 valence electrons. The number of nitrogens with zero attached hydrogens (tertiary/aromatic N) is 3. The topological polar surface area (TPSA) is 106 Å². The maximum absolute atomic E-state index is 15.0. The van der Waals surface area contributed by atoms with Gasteiger partial charge in [-0.15, -0.1) is 0 Å². The Bertz CT molecular complexity index is 1440. The third-order valence-electron chi connectivity index (χ3n) is 5.79. The van der Waals surface area contributed by atoms with Gasteiger partial charge in [0.25, 0.3) is 5.91 Å². The Labute approximate surface area is 205 Å². The Balaban J connectivity index is 1.61. The molecular formula is C26H24F3N5O2. The summed E-state index contributed by atoms with van der Waals surface area (Å²) in [6.07, 6.45) is 3.45. The molecular weight excluding hydrogens is 471 g/mol. The lowest BCUT2D eigenvalue weighted by Gasteiger charge is -2.18. The number of halogens is 3. The number of rotatable bonds is 7. The van der Waals surface area contributed by atoms with Crippen LogP contribution in [0.1, 0.15) is 33.2 Å². The van der Waals surface area contributed by atoms with E-state index in [-0.39, 0.29) is 22.5 Å². The lowest BCUT2D eigenvalue weighted by molar-refractivity contribution is 0.0912. The fraction of sp³-hybridized carbons (Fsp3) is 0.192. The number of alkyl halides is 1. The van der Waals surface area contributed by atoms with Crippen molar-refractivity contribution < 1.29 is 23.1 Å². The van der Waals surface area contributed by atoms with Gasteiger partial charge in [-0.1, -0.05) is 12.1 Å². The van der Waals surface area contributed by atoms with E-state index in [4.69, 9.17) is 5.73 Å². The van der Waals surface area contributed by atoms with E-state index in [1.165, 1.54) is 24.3 Å². The number of nitrogens with one attached hydrogen (secondary N) is 1. The lowest BCUT2D eigenvalue weighted by atomic mass is 9.99. The van der Waals surface area contributed by atoms with E-state index < -0.39 is 36.9 Å². The summed E-state index contributed by atoms with van der Waals surface area (Å²) >= 11 is 0. The molecule has 0 aliphatic rings. The SMILES string of the molecule is Cc1nn(C)cc1-c1cnc(N)c(-c2ccc(C(=O)N[C@H](CO)c3cc(F)cc(CF)c3)c(F)c2)c1. The van der Waals surface area contributed by atoms with Crippen molar-refractivity contribution in [3.63, 3.8) is 0 Å². The molecule has 4 rings (SSSR count). The van der Waals surface area contributed by atoms with Gasteiger partial charge >= 0.3 is 0 Å². The summed E-state index contributed by atoms with van der Waals surface area (Å²) in [5.41, 5.74) is 9.28. The minimum atomic E-state index is -1.06. The summed E-state index contributed by atoms with van der Waals surface area (Å²) < 4.78 is 43.5. The number of aliphatic hydroxyl groups is 1. The van der Waals surface area contributed by atoms with Crippen molar-refractivity contribution in [3.8, 4) is 22.3 Å². The molecule has 0 aliphatic carbocycles. The maximum atomic E-state index is 15.0. The van der Waals surface area contributed by atoms with Crippen LogP contribution in [0.25, 0.3) is 22.3 Å². The molecule has 0 radical (unpaired) electrons. The molecule has 7 nitrogen and oxygen atoms in total. The third-order valence-corrected chi connectivity index (χ3v) is 5.79. The van der Waals surface area contributed by atoms with Gasteiger partial charge in [-0.2, -0.15) is 5.10 Å². The zero-order valence-corrected chi connectivity index (χ0v) is 19.6. The highest BCUT2D eigenvalue weighted by Crippen LogP contribution is 2.31. The molecule has 2 aromatic heterocycles. The van der Waals surface area contributed by atoms with E-state index in [9.17, 15) is 18.7 Å². The van der Waals surface area contributed by atoms with Crippen molar-refractivity contribution in [1.29, 1.82) is 0 Å². The van der Waals surface area contributed by atoms with Gasteiger partial charge in [-0.25, -0.2) is 18.2 Å². The molecule has 2 heterocycles. The van der Waals surface area contributed by atoms with Crippen molar-refractivity contribution in [2.75, 3.05) is 12.3 Å². The molecule has 1 atom stereocenters. The van der Waals surface area contributed by atoms with E-state index in [1.54, 1.807) is 24.0 Å². The van der Waals surface area contributed by atoms with Gasteiger partial charge < -0.3 is 16.2 Å². The summed E-state index contributed by atoms with van der Waals surface area (Å²) in [7, 11) is 1.80. The fourth-order valence-electron chi connectivity index (χ4n) is 4.03. The Hall–Kier alpha value is -4.18. The average molecular weight is 496 g/mol. The van der Waals surface area contributed by atoms with Crippen molar-refractivity contribution >= 4 is 11.7 Å². The zero-order valence-electron chi connectivity index (χ0n) is 19.6. The van der Waals surface area contributed by atoms with Crippen molar-refractivity contribution in [1.82, 2.24) is 20.1 Å². The number of aryl methyl sites for hydroxylation is 2. The maximum Gasteiger partial charge on any atom is 0.254 e. The molecule has 36 heavy (non-hydrogen) atoms. The molecule has 4 aromatic rings. The normalized spacial score (nSPS) is 11.9. The van der Waals surface area contributed by atoms with Crippen LogP contribution in [-0.4, -0.2) is 32.4 Å². The van der Waals surface area contributed by atoms with Gasteiger partial charge in [0.05, 0.1) is 23.9 Å². The van der Waals surface area contributed by atoms with Crippen LogP contribution in [0.2, 0.25) is 0 Å². The van der Waals surface area contributed by atoms with Crippen molar-refractivity contribution in [2.24, 2.45) is 7.05 Å². The summed E-state index contributed by atoms with van der Waals surface area (Å²) in [4.78, 5) is 17.0. The van der Waals surface area contributed by atoms with E-state index in [0.717, 1.165) is 29.0 Å². The Morgan fingerprint density at radius 2 is 1.92 bits per heavy atom. The van der Waals surface area contributed by atoms with Crippen molar-refractivity contribution in [2.45, 2.75) is 19.6 Å². The summed E-state index contributed by atoms with van der Waals surface area (Å²) in [5, 5.41) is 16.5. The van der Waals surface area contributed by atoms with Crippen LogP contribution in [0, 0.1) is 18.6 Å². The highest BCUT2D eigenvalue weighted by Gasteiger charge is 2.20. The second kappa shape index (κ2) is 10.2. The van der Waals surface area contributed by atoms with E-state index >= 15 is 4.39 Å². The molecule has 0 fully saturated rings. The molecule has 1 amide bonds. The van der Waals surface area contributed by atoms with Gasteiger partial charge in [-0.05, 0) is 53.9 Å². The van der Waals surface area contributed by atoms with Crippen LogP contribution in [0.15, 0.2) is 54.9 Å². The number of carbonyl (C=O) groups is 1.